The first-order valence-corrected chi connectivity index (χ1v) is 6.88. The van der Waals surface area contributed by atoms with Crippen LogP contribution in [0.4, 0.5) is 5.69 Å². The molecule has 0 bridgehead atoms. The summed E-state index contributed by atoms with van der Waals surface area (Å²) in [6, 6.07) is 9.04. The molecule has 1 fully saturated rings. The second-order valence-corrected chi connectivity index (χ2v) is 5.19. The first-order valence-electron chi connectivity index (χ1n) is 6.88. The van der Waals surface area contributed by atoms with Gasteiger partial charge in [0.05, 0.1) is 18.2 Å². The van der Waals surface area contributed by atoms with Crippen molar-refractivity contribution in [3.63, 3.8) is 0 Å². The largest absolute Gasteiger partial charge is 0.325 e. The van der Waals surface area contributed by atoms with E-state index in [1.807, 2.05) is 7.05 Å². The zero-order chi connectivity index (χ0) is 14.4. The Kier molecular flexibility index (Phi) is 5.10. The van der Waals surface area contributed by atoms with E-state index in [9.17, 15) is 4.79 Å². The molecule has 1 atom stereocenters. The van der Waals surface area contributed by atoms with Crippen molar-refractivity contribution in [3.8, 4) is 6.07 Å². The lowest BCUT2D eigenvalue weighted by atomic mass is 10.1. The zero-order valence-electron chi connectivity index (χ0n) is 11.7. The molecule has 0 aliphatic carbocycles. The molecular formula is C15H20N4O. The number of nitriles is 1. The fourth-order valence-electron chi connectivity index (χ4n) is 2.58. The minimum absolute atomic E-state index is 0.0230. The number of carbonyl (C=O) groups excluding carboxylic acids is 1. The molecule has 1 aromatic carbocycles. The standard InChI is InChI=1S/C15H20N4O/c1-17-9-13-5-6-19(10-13)11-15(20)18-14-4-2-3-12(7-14)8-16/h2-4,7,13,17H,5-6,9-11H2,1H3,(H,18,20). The number of amides is 1. The maximum absolute atomic E-state index is 12.0. The van der Waals surface area contributed by atoms with Gasteiger partial charge in [-0.15, -0.1) is 0 Å². The van der Waals surface area contributed by atoms with Crippen molar-refractivity contribution < 1.29 is 4.79 Å². The molecule has 2 N–H and O–H groups in total. The highest BCUT2D eigenvalue weighted by molar-refractivity contribution is 5.92. The Labute approximate surface area is 119 Å². The van der Waals surface area contributed by atoms with E-state index >= 15 is 0 Å². The van der Waals surface area contributed by atoms with Crippen LogP contribution in [0.2, 0.25) is 0 Å². The summed E-state index contributed by atoms with van der Waals surface area (Å²) in [4.78, 5) is 14.2. The Morgan fingerprint density at radius 3 is 3.15 bits per heavy atom. The van der Waals surface area contributed by atoms with E-state index in [2.05, 4.69) is 21.6 Å². The highest BCUT2D eigenvalue weighted by Crippen LogP contribution is 2.15. The van der Waals surface area contributed by atoms with Crippen molar-refractivity contribution >= 4 is 11.6 Å². The van der Waals surface area contributed by atoms with Crippen LogP contribution in [0, 0.1) is 17.2 Å². The summed E-state index contributed by atoms with van der Waals surface area (Å²) in [5.74, 6) is 0.611. The van der Waals surface area contributed by atoms with E-state index in [4.69, 9.17) is 5.26 Å². The molecule has 2 rings (SSSR count). The molecule has 0 aromatic heterocycles. The van der Waals surface area contributed by atoms with Crippen LogP contribution in [-0.2, 0) is 4.79 Å². The monoisotopic (exact) mass is 272 g/mol. The normalized spacial score (nSPS) is 18.7. The average Bonchev–Trinajstić information content (AvgIpc) is 2.86. The third-order valence-electron chi connectivity index (χ3n) is 3.51. The molecule has 1 saturated heterocycles. The highest BCUT2D eigenvalue weighted by atomic mass is 16.2. The number of carbonyl (C=O) groups is 1. The summed E-state index contributed by atoms with van der Waals surface area (Å²) in [5, 5.41) is 14.8. The van der Waals surface area contributed by atoms with Crippen LogP contribution >= 0.6 is 0 Å². The van der Waals surface area contributed by atoms with Crippen LogP contribution < -0.4 is 10.6 Å². The first kappa shape index (κ1) is 14.5. The molecule has 0 radical (unpaired) electrons. The number of likely N-dealkylation sites (tertiary alicyclic amines) is 1. The molecule has 20 heavy (non-hydrogen) atoms. The molecule has 5 heteroatoms. The number of nitrogens with zero attached hydrogens (tertiary/aromatic N) is 2. The van der Waals surface area contributed by atoms with Gasteiger partial charge in [0.2, 0.25) is 5.91 Å². The molecule has 1 aromatic rings. The average molecular weight is 272 g/mol. The van der Waals surface area contributed by atoms with Crippen LogP contribution in [-0.4, -0.2) is 44.0 Å². The molecule has 1 amide bonds. The van der Waals surface area contributed by atoms with Crippen molar-refractivity contribution in [1.82, 2.24) is 10.2 Å². The van der Waals surface area contributed by atoms with Gasteiger partial charge >= 0.3 is 0 Å². The van der Waals surface area contributed by atoms with Gasteiger partial charge in [-0.25, -0.2) is 0 Å². The number of anilines is 1. The van der Waals surface area contributed by atoms with E-state index < -0.39 is 0 Å². The lowest BCUT2D eigenvalue weighted by Crippen LogP contribution is -2.32. The van der Waals surface area contributed by atoms with Gasteiger partial charge in [0.1, 0.15) is 0 Å². The Hall–Kier alpha value is -1.90. The summed E-state index contributed by atoms with van der Waals surface area (Å²) in [7, 11) is 1.96. The maximum atomic E-state index is 12.0. The summed E-state index contributed by atoms with van der Waals surface area (Å²) < 4.78 is 0. The van der Waals surface area contributed by atoms with Gasteiger partial charge in [-0.3, -0.25) is 9.69 Å². The van der Waals surface area contributed by atoms with E-state index in [0.29, 0.717) is 23.7 Å². The minimum Gasteiger partial charge on any atom is -0.325 e. The molecule has 5 nitrogen and oxygen atoms in total. The lowest BCUT2D eigenvalue weighted by Gasteiger charge is -2.15. The van der Waals surface area contributed by atoms with Crippen molar-refractivity contribution in [2.24, 2.45) is 5.92 Å². The van der Waals surface area contributed by atoms with Crippen molar-refractivity contribution in [1.29, 1.82) is 5.26 Å². The summed E-state index contributed by atoms with van der Waals surface area (Å²) >= 11 is 0. The number of benzene rings is 1. The Balaban J connectivity index is 1.82. The zero-order valence-corrected chi connectivity index (χ0v) is 11.7. The van der Waals surface area contributed by atoms with Crippen LogP contribution in [0.1, 0.15) is 12.0 Å². The SMILES string of the molecule is CNCC1CCN(CC(=O)Nc2cccc(C#N)c2)C1. The molecule has 1 aliphatic rings. The minimum atomic E-state index is -0.0230. The topological polar surface area (TPSA) is 68.2 Å². The second kappa shape index (κ2) is 7.04. The summed E-state index contributed by atoms with van der Waals surface area (Å²) in [6.07, 6.45) is 1.14. The number of hydrogen-bond acceptors (Lipinski definition) is 4. The van der Waals surface area contributed by atoms with E-state index in [0.717, 1.165) is 26.1 Å². The molecule has 0 spiro atoms. The van der Waals surface area contributed by atoms with Crippen molar-refractivity contribution in [2.45, 2.75) is 6.42 Å². The fourth-order valence-corrected chi connectivity index (χ4v) is 2.58. The molecule has 1 unspecified atom stereocenters. The van der Waals surface area contributed by atoms with Gasteiger partial charge in [0, 0.05) is 12.2 Å². The molecular weight excluding hydrogens is 252 g/mol. The maximum Gasteiger partial charge on any atom is 0.238 e. The quantitative estimate of drug-likeness (QED) is 0.840. The second-order valence-electron chi connectivity index (χ2n) is 5.19. The third-order valence-corrected chi connectivity index (χ3v) is 3.51. The van der Waals surface area contributed by atoms with E-state index in [1.165, 1.54) is 0 Å². The predicted octanol–water partition coefficient (Wildman–Crippen LogP) is 1.04. The molecule has 1 aliphatic heterocycles. The lowest BCUT2D eigenvalue weighted by molar-refractivity contribution is -0.117. The van der Waals surface area contributed by atoms with E-state index in [1.54, 1.807) is 24.3 Å². The highest BCUT2D eigenvalue weighted by Gasteiger charge is 2.23. The number of nitrogens with one attached hydrogen (secondary N) is 2. The predicted molar refractivity (Wildman–Crippen MR) is 78.3 cm³/mol. The van der Waals surface area contributed by atoms with Crippen LogP contribution in [0.15, 0.2) is 24.3 Å². The summed E-state index contributed by atoms with van der Waals surface area (Å²) in [6.45, 7) is 3.35. The Morgan fingerprint density at radius 2 is 2.40 bits per heavy atom. The molecule has 106 valence electrons. The van der Waals surface area contributed by atoms with Crippen LogP contribution in [0.3, 0.4) is 0 Å². The van der Waals surface area contributed by atoms with Gasteiger partial charge in [-0.05, 0) is 50.7 Å². The van der Waals surface area contributed by atoms with Gasteiger partial charge in [-0.1, -0.05) is 6.07 Å². The molecule has 0 saturated carbocycles. The first-order chi connectivity index (χ1) is 9.71. The van der Waals surface area contributed by atoms with Gasteiger partial charge < -0.3 is 10.6 Å². The Morgan fingerprint density at radius 1 is 1.55 bits per heavy atom. The number of rotatable bonds is 5. The van der Waals surface area contributed by atoms with Gasteiger partial charge in [-0.2, -0.15) is 5.26 Å². The number of hydrogen-bond donors (Lipinski definition) is 2. The van der Waals surface area contributed by atoms with Gasteiger partial charge in [0.15, 0.2) is 0 Å². The van der Waals surface area contributed by atoms with Crippen molar-refractivity contribution in [3.05, 3.63) is 29.8 Å². The van der Waals surface area contributed by atoms with Gasteiger partial charge in [0.25, 0.3) is 0 Å². The van der Waals surface area contributed by atoms with Crippen molar-refractivity contribution in [2.75, 3.05) is 38.5 Å². The fraction of sp³-hybridized carbons (Fsp3) is 0.467. The smallest absolute Gasteiger partial charge is 0.238 e. The third kappa shape index (κ3) is 4.05. The van der Waals surface area contributed by atoms with Crippen LogP contribution in [0.5, 0.6) is 0 Å². The summed E-state index contributed by atoms with van der Waals surface area (Å²) in [5.41, 5.74) is 1.23. The Bertz CT molecular complexity index is 509. The molecule has 1 heterocycles. The van der Waals surface area contributed by atoms with E-state index in [-0.39, 0.29) is 5.91 Å². The van der Waals surface area contributed by atoms with Crippen LogP contribution in [0.25, 0.3) is 0 Å².